The lowest BCUT2D eigenvalue weighted by Gasteiger charge is -2.23. The van der Waals surface area contributed by atoms with Crippen LogP contribution < -0.4 is 5.32 Å². The van der Waals surface area contributed by atoms with Crippen molar-refractivity contribution in [1.29, 1.82) is 0 Å². The number of likely N-dealkylation sites (N-methyl/N-ethyl adjacent to an activating group) is 1. The van der Waals surface area contributed by atoms with E-state index in [-0.39, 0.29) is 17.9 Å². The number of carboxylic acid groups (broad SMARTS) is 2. The largest absolute Gasteiger partial charge is 0.490 e. The Morgan fingerprint density at radius 3 is 2.10 bits per heavy atom. The van der Waals surface area contributed by atoms with Crippen molar-refractivity contribution in [3.8, 4) is 0 Å². The van der Waals surface area contributed by atoms with E-state index in [4.69, 9.17) is 14.6 Å². The molecular weight excluding hydrogens is 419 g/mol. The van der Waals surface area contributed by atoms with Crippen molar-refractivity contribution in [2.75, 3.05) is 34.3 Å². The van der Waals surface area contributed by atoms with Gasteiger partial charge in [-0.15, -0.1) is 0 Å². The van der Waals surface area contributed by atoms with E-state index in [1.807, 2.05) is 21.1 Å². The Morgan fingerprint density at radius 1 is 1.20 bits per heavy atom. The molecule has 0 heterocycles. The normalized spacial score (nSPS) is 12.1. The number of carbonyl (C=O) groups excluding carboxylic acids is 1. The first-order chi connectivity index (χ1) is 13.6. The maximum Gasteiger partial charge on any atom is 0.490 e. The van der Waals surface area contributed by atoms with Crippen molar-refractivity contribution in [1.82, 2.24) is 5.32 Å². The standard InChI is InChI=1S/C14H19N3O6.C2HF3O2/c1-17(2,3)8-9-23-14(20)15-12(13(18)19)10-6-4-5-7-11(10)16(21)22;3-2(4,5)1(6)7/h4-7,12H,8-9H2,1-3H3,(H-,15,18,19,20);(H,6,7)/p+1. The monoisotopic (exact) mass is 440 g/mol. The number of ether oxygens (including phenoxy) is 1. The van der Waals surface area contributed by atoms with E-state index in [1.54, 1.807) is 0 Å². The highest BCUT2D eigenvalue weighted by Gasteiger charge is 2.38. The molecule has 0 saturated heterocycles. The SMILES string of the molecule is C[N+](C)(C)CCOC(=O)NC(C(=O)O)c1ccccc1[N+](=O)[O-].O=C(O)C(F)(F)F. The number of alkyl carbamates (subject to hydrolysis) is 1. The number of para-hydroxylation sites is 1. The van der Waals surface area contributed by atoms with Gasteiger partial charge in [-0.05, 0) is 6.07 Å². The van der Waals surface area contributed by atoms with Gasteiger partial charge in [0.05, 0.1) is 31.6 Å². The van der Waals surface area contributed by atoms with E-state index in [0.717, 1.165) is 0 Å². The third kappa shape index (κ3) is 10.2. The smallest absolute Gasteiger partial charge is 0.479 e. The molecule has 0 spiro atoms. The molecule has 0 bridgehead atoms. The van der Waals surface area contributed by atoms with Gasteiger partial charge in [0.2, 0.25) is 0 Å². The van der Waals surface area contributed by atoms with E-state index < -0.39 is 35.2 Å². The van der Waals surface area contributed by atoms with Gasteiger partial charge in [0.1, 0.15) is 13.2 Å². The van der Waals surface area contributed by atoms with E-state index in [9.17, 15) is 38.0 Å². The molecule has 0 fully saturated rings. The van der Waals surface area contributed by atoms with Crippen molar-refractivity contribution >= 4 is 23.7 Å². The quantitative estimate of drug-likeness (QED) is 0.329. The molecule has 1 aromatic carbocycles. The Hall–Kier alpha value is -3.42. The number of nitro groups is 1. The van der Waals surface area contributed by atoms with Crippen LogP contribution in [0.2, 0.25) is 0 Å². The van der Waals surface area contributed by atoms with Crippen LogP contribution in [0.5, 0.6) is 0 Å². The fourth-order valence-electron chi connectivity index (χ4n) is 1.74. The summed E-state index contributed by atoms with van der Waals surface area (Å²) < 4.78 is 37.2. The van der Waals surface area contributed by atoms with Crippen LogP contribution in [-0.2, 0) is 14.3 Å². The van der Waals surface area contributed by atoms with Crippen LogP contribution in [0.1, 0.15) is 11.6 Å². The first-order valence-corrected chi connectivity index (χ1v) is 8.06. The number of aliphatic carboxylic acids is 2. The highest BCUT2D eigenvalue weighted by molar-refractivity contribution is 5.82. The maximum atomic E-state index is 11.7. The Morgan fingerprint density at radius 2 is 1.70 bits per heavy atom. The number of nitro benzene ring substituents is 1. The zero-order chi connectivity index (χ0) is 23.7. The third-order valence-corrected chi connectivity index (χ3v) is 3.19. The molecule has 1 rings (SSSR count). The molecule has 168 valence electrons. The van der Waals surface area contributed by atoms with Crippen molar-refractivity contribution in [3.05, 3.63) is 39.9 Å². The average molecular weight is 440 g/mol. The molecule has 0 aromatic heterocycles. The molecule has 1 amide bonds. The first kappa shape index (κ1) is 26.6. The highest BCUT2D eigenvalue weighted by Crippen LogP contribution is 2.25. The molecule has 0 aliphatic carbocycles. The molecular formula is C16H21F3N3O8+. The van der Waals surface area contributed by atoms with Gasteiger partial charge in [-0.25, -0.2) is 14.4 Å². The first-order valence-electron chi connectivity index (χ1n) is 8.06. The number of nitrogens with one attached hydrogen (secondary N) is 1. The molecule has 0 radical (unpaired) electrons. The van der Waals surface area contributed by atoms with Gasteiger partial charge >= 0.3 is 24.2 Å². The van der Waals surface area contributed by atoms with Crippen LogP contribution in [0.15, 0.2) is 24.3 Å². The number of alkyl halides is 3. The minimum atomic E-state index is -5.08. The van der Waals surface area contributed by atoms with E-state index >= 15 is 0 Å². The van der Waals surface area contributed by atoms with Gasteiger partial charge in [0, 0.05) is 6.07 Å². The molecule has 0 aliphatic heterocycles. The summed E-state index contributed by atoms with van der Waals surface area (Å²) in [7, 11) is 5.73. The van der Waals surface area contributed by atoms with E-state index in [2.05, 4.69) is 5.32 Å². The molecule has 0 aliphatic rings. The lowest BCUT2D eigenvalue weighted by Crippen LogP contribution is -2.40. The molecule has 1 atom stereocenters. The van der Waals surface area contributed by atoms with E-state index in [1.165, 1.54) is 24.3 Å². The summed E-state index contributed by atoms with van der Waals surface area (Å²) in [5.74, 6) is -4.17. The van der Waals surface area contributed by atoms with Gasteiger partial charge in [0.25, 0.3) is 5.69 Å². The van der Waals surface area contributed by atoms with Crippen LogP contribution in [0.3, 0.4) is 0 Å². The zero-order valence-electron chi connectivity index (χ0n) is 16.2. The Bertz CT molecular complexity index is 778. The average Bonchev–Trinajstić information content (AvgIpc) is 2.58. The lowest BCUT2D eigenvalue weighted by molar-refractivity contribution is -0.870. The number of halogens is 3. The van der Waals surface area contributed by atoms with Gasteiger partial charge < -0.3 is 24.7 Å². The lowest BCUT2D eigenvalue weighted by atomic mass is 10.1. The van der Waals surface area contributed by atoms with Crippen LogP contribution >= 0.6 is 0 Å². The second-order valence-electron chi connectivity index (χ2n) is 6.68. The third-order valence-electron chi connectivity index (χ3n) is 3.19. The fraction of sp³-hybridized carbons (Fsp3) is 0.438. The number of quaternary nitrogens is 1. The van der Waals surface area contributed by atoms with E-state index in [0.29, 0.717) is 11.0 Å². The number of benzene rings is 1. The predicted octanol–water partition coefficient (Wildman–Crippen LogP) is 1.79. The fourth-order valence-corrected chi connectivity index (χ4v) is 1.74. The van der Waals surface area contributed by atoms with Crippen LogP contribution in [-0.4, -0.2) is 78.1 Å². The molecule has 14 heteroatoms. The van der Waals surface area contributed by atoms with Crippen molar-refractivity contribution < 1.29 is 51.9 Å². The summed E-state index contributed by atoms with van der Waals surface area (Å²) in [6.07, 6.45) is -6.02. The highest BCUT2D eigenvalue weighted by atomic mass is 19.4. The minimum absolute atomic E-state index is 0.0958. The summed E-state index contributed by atoms with van der Waals surface area (Å²) in [5.41, 5.74) is -0.500. The number of amides is 1. The number of hydrogen-bond donors (Lipinski definition) is 3. The molecule has 30 heavy (non-hydrogen) atoms. The predicted molar refractivity (Wildman–Crippen MR) is 94.5 cm³/mol. The second-order valence-corrected chi connectivity index (χ2v) is 6.68. The Kier molecular flexibility index (Phi) is 9.70. The summed E-state index contributed by atoms with van der Waals surface area (Å²) in [4.78, 5) is 42.3. The minimum Gasteiger partial charge on any atom is -0.479 e. The van der Waals surface area contributed by atoms with Gasteiger partial charge in [-0.2, -0.15) is 13.2 Å². The molecule has 1 unspecified atom stereocenters. The Labute approximate surface area is 168 Å². The van der Waals surface area contributed by atoms with Crippen molar-refractivity contribution in [2.24, 2.45) is 0 Å². The summed E-state index contributed by atoms with van der Waals surface area (Å²) in [5, 5.41) is 29.5. The number of hydrogen-bond acceptors (Lipinski definition) is 6. The summed E-state index contributed by atoms with van der Waals surface area (Å²) >= 11 is 0. The topological polar surface area (TPSA) is 156 Å². The molecule has 11 nitrogen and oxygen atoms in total. The van der Waals surface area contributed by atoms with Crippen LogP contribution in [0, 0.1) is 10.1 Å². The number of rotatable bonds is 7. The van der Waals surface area contributed by atoms with Crippen molar-refractivity contribution in [3.63, 3.8) is 0 Å². The number of nitrogens with zero attached hydrogens (tertiary/aromatic N) is 2. The molecule has 1 aromatic rings. The van der Waals surface area contributed by atoms with Crippen LogP contribution in [0.4, 0.5) is 23.7 Å². The van der Waals surface area contributed by atoms with Gasteiger partial charge in [-0.3, -0.25) is 10.1 Å². The maximum absolute atomic E-state index is 11.7. The number of carbonyl (C=O) groups is 3. The number of carboxylic acids is 2. The Balaban J connectivity index is 0.00000103. The van der Waals surface area contributed by atoms with Crippen LogP contribution in [0.25, 0.3) is 0 Å². The summed E-state index contributed by atoms with van der Waals surface area (Å²) in [6.45, 7) is 0.634. The molecule has 3 N–H and O–H groups in total. The zero-order valence-corrected chi connectivity index (χ0v) is 16.2. The van der Waals surface area contributed by atoms with Gasteiger partial charge in [-0.1, -0.05) is 12.1 Å². The van der Waals surface area contributed by atoms with Crippen molar-refractivity contribution in [2.45, 2.75) is 12.2 Å². The summed E-state index contributed by atoms with van der Waals surface area (Å²) in [6, 6.07) is 3.77. The second kappa shape index (κ2) is 10.9. The van der Waals surface area contributed by atoms with Gasteiger partial charge in [0.15, 0.2) is 6.04 Å². The molecule has 0 saturated carbocycles.